The molecule has 4 nitrogen and oxygen atoms in total. The standard InChI is InChI=1S/C9H16O4/c1-4-7(12-5-2)8(9(10)11)13-6-3/h4-6H2,1-3H3,(H,10,11)/p-1/b8-7-. The van der Waals surface area contributed by atoms with Crippen molar-refractivity contribution >= 4 is 5.97 Å². The van der Waals surface area contributed by atoms with Gasteiger partial charge >= 0.3 is 0 Å². The maximum atomic E-state index is 10.6. The molecule has 0 amide bonds. The average molecular weight is 187 g/mol. The quantitative estimate of drug-likeness (QED) is 0.447. The summed E-state index contributed by atoms with van der Waals surface area (Å²) in [4.78, 5) is 10.6. The van der Waals surface area contributed by atoms with Crippen LogP contribution in [0.2, 0.25) is 0 Å². The second kappa shape index (κ2) is 6.34. The summed E-state index contributed by atoms with van der Waals surface area (Å²) in [5.74, 6) is -1.18. The molecule has 0 aromatic heterocycles. The predicted octanol–water partition coefficient (Wildman–Crippen LogP) is 0.431. The number of hydrogen-bond acceptors (Lipinski definition) is 4. The summed E-state index contributed by atoms with van der Waals surface area (Å²) in [6, 6.07) is 0. The zero-order valence-corrected chi connectivity index (χ0v) is 8.25. The Morgan fingerprint density at radius 1 is 1.15 bits per heavy atom. The Kier molecular flexibility index (Phi) is 5.76. The van der Waals surface area contributed by atoms with Gasteiger partial charge in [-0.2, -0.15) is 0 Å². The summed E-state index contributed by atoms with van der Waals surface area (Å²) in [6.07, 6.45) is 0.483. The van der Waals surface area contributed by atoms with E-state index in [1.807, 2.05) is 0 Å². The largest absolute Gasteiger partial charge is 0.541 e. The Morgan fingerprint density at radius 3 is 2.00 bits per heavy atom. The molecule has 0 saturated heterocycles. The van der Waals surface area contributed by atoms with Crippen LogP contribution < -0.4 is 5.11 Å². The molecule has 0 atom stereocenters. The molecule has 0 aliphatic rings. The molecule has 0 spiro atoms. The minimum absolute atomic E-state index is 0.188. The maximum Gasteiger partial charge on any atom is 0.179 e. The van der Waals surface area contributed by atoms with Crippen LogP contribution in [0.4, 0.5) is 0 Å². The summed E-state index contributed by atoms with van der Waals surface area (Å²) in [5.41, 5.74) is 0. The van der Waals surface area contributed by atoms with Gasteiger partial charge in [-0.05, 0) is 13.8 Å². The Hall–Kier alpha value is -1.19. The molecule has 0 saturated carbocycles. The molecule has 0 radical (unpaired) electrons. The highest BCUT2D eigenvalue weighted by Crippen LogP contribution is 2.11. The smallest absolute Gasteiger partial charge is 0.179 e. The van der Waals surface area contributed by atoms with E-state index >= 15 is 0 Å². The molecule has 76 valence electrons. The van der Waals surface area contributed by atoms with Crippen molar-refractivity contribution in [2.75, 3.05) is 13.2 Å². The molecule has 0 aromatic rings. The van der Waals surface area contributed by atoms with E-state index in [9.17, 15) is 9.90 Å². The SMILES string of the molecule is CCO/C(CC)=C(\OCC)C(=O)[O-]. The number of hydrogen-bond donors (Lipinski definition) is 0. The number of carbonyl (C=O) groups is 1. The van der Waals surface area contributed by atoms with Crippen LogP contribution in [0, 0.1) is 0 Å². The summed E-state index contributed by atoms with van der Waals surface area (Å²) in [7, 11) is 0. The van der Waals surface area contributed by atoms with Gasteiger partial charge in [0.1, 0.15) is 11.7 Å². The van der Waals surface area contributed by atoms with E-state index in [0.29, 0.717) is 25.4 Å². The third-order valence-corrected chi connectivity index (χ3v) is 1.37. The molecule has 0 aromatic carbocycles. The van der Waals surface area contributed by atoms with E-state index in [4.69, 9.17) is 9.47 Å². The Bertz CT molecular complexity index is 196. The monoisotopic (exact) mass is 187 g/mol. The van der Waals surface area contributed by atoms with Gasteiger partial charge in [-0.15, -0.1) is 0 Å². The highest BCUT2D eigenvalue weighted by Gasteiger charge is 2.08. The molecule has 0 rings (SSSR count). The fourth-order valence-corrected chi connectivity index (χ4v) is 0.900. The zero-order chi connectivity index (χ0) is 10.3. The highest BCUT2D eigenvalue weighted by atomic mass is 16.5. The number of carboxylic acids is 1. The van der Waals surface area contributed by atoms with E-state index < -0.39 is 5.97 Å². The maximum absolute atomic E-state index is 10.6. The number of allylic oxidation sites excluding steroid dienone is 1. The lowest BCUT2D eigenvalue weighted by Crippen LogP contribution is -2.27. The van der Waals surface area contributed by atoms with Crippen LogP contribution in [0.5, 0.6) is 0 Å². The second-order valence-electron chi connectivity index (χ2n) is 2.26. The van der Waals surface area contributed by atoms with Crippen LogP contribution in [0.15, 0.2) is 11.5 Å². The number of rotatable bonds is 6. The average Bonchev–Trinajstić information content (AvgIpc) is 2.10. The first-order chi connectivity index (χ1) is 6.17. The van der Waals surface area contributed by atoms with Gasteiger partial charge in [0.15, 0.2) is 5.76 Å². The van der Waals surface area contributed by atoms with E-state index in [-0.39, 0.29) is 5.76 Å². The van der Waals surface area contributed by atoms with Crippen molar-refractivity contribution < 1.29 is 19.4 Å². The molecule has 0 aliphatic carbocycles. The van der Waals surface area contributed by atoms with E-state index in [1.165, 1.54) is 0 Å². The predicted molar refractivity (Wildman–Crippen MR) is 45.6 cm³/mol. The van der Waals surface area contributed by atoms with Gasteiger partial charge in [0, 0.05) is 6.42 Å². The van der Waals surface area contributed by atoms with Crippen molar-refractivity contribution in [3.63, 3.8) is 0 Å². The van der Waals surface area contributed by atoms with Crippen LogP contribution in [0.1, 0.15) is 27.2 Å². The second-order valence-corrected chi connectivity index (χ2v) is 2.26. The van der Waals surface area contributed by atoms with Crippen molar-refractivity contribution in [3.8, 4) is 0 Å². The molecular formula is C9H15O4-. The molecule has 4 heteroatoms. The topological polar surface area (TPSA) is 58.6 Å². The van der Waals surface area contributed by atoms with Crippen molar-refractivity contribution in [1.29, 1.82) is 0 Å². The lowest BCUT2D eigenvalue weighted by Gasteiger charge is -2.15. The fraction of sp³-hybridized carbons (Fsp3) is 0.667. The number of aliphatic carboxylic acids is 1. The van der Waals surface area contributed by atoms with Gasteiger partial charge in [-0.25, -0.2) is 0 Å². The number of carbonyl (C=O) groups excluding carboxylic acids is 1. The summed E-state index contributed by atoms with van der Waals surface area (Å²) in [6.45, 7) is 6.01. The first-order valence-electron chi connectivity index (χ1n) is 4.37. The minimum Gasteiger partial charge on any atom is -0.541 e. The van der Waals surface area contributed by atoms with Gasteiger partial charge in [0.25, 0.3) is 0 Å². The van der Waals surface area contributed by atoms with Gasteiger partial charge in [0.2, 0.25) is 0 Å². The van der Waals surface area contributed by atoms with Gasteiger partial charge in [-0.1, -0.05) is 6.92 Å². The Balaban J connectivity index is 4.66. The summed E-state index contributed by atoms with van der Waals surface area (Å²) in [5, 5.41) is 10.6. The van der Waals surface area contributed by atoms with E-state index in [0.717, 1.165) is 0 Å². The lowest BCUT2D eigenvalue weighted by molar-refractivity contribution is -0.303. The third-order valence-electron chi connectivity index (χ3n) is 1.37. The van der Waals surface area contributed by atoms with Crippen molar-refractivity contribution in [3.05, 3.63) is 11.5 Å². The molecule has 0 fully saturated rings. The van der Waals surface area contributed by atoms with Crippen LogP contribution in [-0.2, 0) is 14.3 Å². The van der Waals surface area contributed by atoms with Gasteiger partial charge in [-0.3, -0.25) is 0 Å². The Labute approximate surface area is 78.2 Å². The molecule has 0 bridgehead atoms. The minimum atomic E-state index is -1.33. The van der Waals surface area contributed by atoms with Crippen molar-refractivity contribution in [2.24, 2.45) is 0 Å². The van der Waals surface area contributed by atoms with Crippen molar-refractivity contribution in [2.45, 2.75) is 27.2 Å². The van der Waals surface area contributed by atoms with E-state index in [2.05, 4.69) is 0 Å². The third kappa shape index (κ3) is 3.83. The fourth-order valence-electron chi connectivity index (χ4n) is 0.900. The number of ether oxygens (including phenoxy) is 2. The highest BCUT2D eigenvalue weighted by molar-refractivity contribution is 5.82. The first kappa shape index (κ1) is 11.8. The lowest BCUT2D eigenvalue weighted by atomic mass is 10.3. The molecule has 0 unspecified atom stereocenters. The van der Waals surface area contributed by atoms with E-state index in [1.54, 1.807) is 20.8 Å². The Morgan fingerprint density at radius 2 is 1.69 bits per heavy atom. The molecule has 0 aliphatic heterocycles. The summed E-state index contributed by atoms with van der Waals surface area (Å²) < 4.78 is 10.0. The van der Waals surface area contributed by atoms with Crippen LogP contribution in [0.25, 0.3) is 0 Å². The number of carboxylic acid groups (broad SMARTS) is 1. The van der Waals surface area contributed by atoms with Crippen LogP contribution in [0.3, 0.4) is 0 Å². The zero-order valence-electron chi connectivity index (χ0n) is 8.25. The summed E-state index contributed by atoms with van der Waals surface area (Å²) >= 11 is 0. The molecule has 0 heterocycles. The normalized spacial score (nSPS) is 11.9. The molecular weight excluding hydrogens is 172 g/mol. The molecule has 13 heavy (non-hydrogen) atoms. The van der Waals surface area contributed by atoms with Gasteiger partial charge < -0.3 is 19.4 Å². The van der Waals surface area contributed by atoms with Crippen LogP contribution in [-0.4, -0.2) is 19.2 Å². The van der Waals surface area contributed by atoms with Crippen LogP contribution >= 0.6 is 0 Å². The first-order valence-corrected chi connectivity index (χ1v) is 4.37. The molecule has 0 N–H and O–H groups in total. The van der Waals surface area contributed by atoms with Crippen molar-refractivity contribution in [1.82, 2.24) is 0 Å². The van der Waals surface area contributed by atoms with Gasteiger partial charge in [0.05, 0.1) is 13.2 Å².